The molecular formula is C14H8ClN3. The molecule has 0 spiro atoms. The average molecular weight is 254 g/mol. The third-order valence-electron chi connectivity index (χ3n) is 2.77. The fraction of sp³-hybridized carbons (Fsp3) is 0. The lowest BCUT2D eigenvalue weighted by atomic mass is 10.2. The van der Waals surface area contributed by atoms with E-state index in [1.165, 1.54) is 0 Å². The third-order valence-corrected chi connectivity index (χ3v) is 3.01. The van der Waals surface area contributed by atoms with Crippen molar-refractivity contribution in [3.63, 3.8) is 0 Å². The molecule has 86 valence electrons. The minimum absolute atomic E-state index is 0.609. The zero-order valence-electron chi connectivity index (χ0n) is 9.34. The summed E-state index contributed by atoms with van der Waals surface area (Å²) < 4.78 is 1.87. The topological polar surface area (TPSA) is 41.6 Å². The summed E-state index contributed by atoms with van der Waals surface area (Å²) in [6, 6.07) is 13.4. The van der Waals surface area contributed by atoms with Crippen LogP contribution in [0.25, 0.3) is 16.7 Å². The van der Waals surface area contributed by atoms with Gasteiger partial charge in [-0.05, 0) is 30.3 Å². The summed E-state index contributed by atoms with van der Waals surface area (Å²) >= 11 is 5.99. The number of halogens is 1. The van der Waals surface area contributed by atoms with Gasteiger partial charge in [-0.15, -0.1) is 0 Å². The molecule has 0 aliphatic heterocycles. The first-order valence-electron chi connectivity index (χ1n) is 5.42. The van der Waals surface area contributed by atoms with Gasteiger partial charge in [-0.3, -0.25) is 4.57 Å². The molecule has 0 N–H and O–H groups in total. The summed E-state index contributed by atoms with van der Waals surface area (Å²) in [6.45, 7) is 0. The number of rotatable bonds is 1. The van der Waals surface area contributed by atoms with Crippen molar-refractivity contribution < 1.29 is 0 Å². The molecule has 0 aliphatic rings. The Hall–Kier alpha value is -2.31. The van der Waals surface area contributed by atoms with Gasteiger partial charge in [0.2, 0.25) is 0 Å². The van der Waals surface area contributed by atoms with Crippen molar-refractivity contribution in [1.29, 1.82) is 5.26 Å². The highest BCUT2D eigenvalue weighted by Crippen LogP contribution is 2.23. The van der Waals surface area contributed by atoms with Crippen molar-refractivity contribution in [3.8, 4) is 11.8 Å². The molecule has 3 aromatic rings. The van der Waals surface area contributed by atoms with Crippen LogP contribution in [0.5, 0.6) is 0 Å². The number of fused-ring (bicyclic) bond motifs is 1. The van der Waals surface area contributed by atoms with Gasteiger partial charge in [-0.2, -0.15) is 5.26 Å². The SMILES string of the molecule is N#Cc1cn(-c2cccc(Cl)c2)c2ncccc12. The molecular weight excluding hydrogens is 246 g/mol. The molecule has 2 aromatic heterocycles. The third kappa shape index (κ3) is 1.64. The predicted octanol–water partition coefficient (Wildman–Crippen LogP) is 3.55. The Bertz CT molecular complexity index is 768. The lowest BCUT2D eigenvalue weighted by Gasteiger charge is -2.04. The van der Waals surface area contributed by atoms with Crippen LogP contribution in [0.1, 0.15) is 5.56 Å². The van der Waals surface area contributed by atoms with E-state index in [0.29, 0.717) is 10.6 Å². The summed E-state index contributed by atoms with van der Waals surface area (Å²) in [4.78, 5) is 4.32. The number of benzene rings is 1. The Labute approximate surface area is 109 Å². The second-order valence-electron chi connectivity index (χ2n) is 3.88. The van der Waals surface area contributed by atoms with E-state index in [1.54, 1.807) is 12.4 Å². The van der Waals surface area contributed by atoms with Gasteiger partial charge < -0.3 is 0 Å². The Morgan fingerprint density at radius 3 is 2.89 bits per heavy atom. The first kappa shape index (κ1) is 10.8. The molecule has 0 bridgehead atoms. The van der Waals surface area contributed by atoms with Crippen molar-refractivity contribution in [2.75, 3.05) is 0 Å². The number of hydrogen-bond acceptors (Lipinski definition) is 2. The molecule has 3 rings (SSSR count). The van der Waals surface area contributed by atoms with E-state index in [9.17, 15) is 0 Å². The molecule has 18 heavy (non-hydrogen) atoms. The molecule has 0 unspecified atom stereocenters. The normalized spacial score (nSPS) is 10.4. The number of hydrogen-bond donors (Lipinski definition) is 0. The summed E-state index contributed by atoms with van der Waals surface area (Å²) in [5, 5.41) is 10.6. The summed E-state index contributed by atoms with van der Waals surface area (Å²) in [5.41, 5.74) is 2.27. The number of nitrogens with zero attached hydrogens (tertiary/aromatic N) is 3. The van der Waals surface area contributed by atoms with Crippen LogP contribution in [0.15, 0.2) is 48.8 Å². The molecule has 0 atom stereocenters. The van der Waals surface area contributed by atoms with Crippen molar-refractivity contribution in [2.45, 2.75) is 0 Å². The van der Waals surface area contributed by atoms with Crippen molar-refractivity contribution in [1.82, 2.24) is 9.55 Å². The maximum Gasteiger partial charge on any atom is 0.145 e. The van der Waals surface area contributed by atoms with Gasteiger partial charge in [0, 0.05) is 28.5 Å². The van der Waals surface area contributed by atoms with Gasteiger partial charge in [0.1, 0.15) is 11.7 Å². The quantitative estimate of drug-likeness (QED) is 0.665. The molecule has 2 heterocycles. The van der Waals surface area contributed by atoms with Crippen LogP contribution in [0, 0.1) is 11.3 Å². The van der Waals surface area contributed by atoms with E-state index in [1.807, 2.05) is 41.0 Å². The van der Waals surface area contributed by atoms with Gasteiger partial charge >= 0.3 is 0 Å². The minimum atomic E-state index is 0.609. The maximum absolute atomic E-state index is 9.13. The number of aromatic nitrogens is 2. The van der Waals surface area contributed by atoms with Crippen molar-refractivity contribution >= 4 is 22.6 Å². The summed E-state index contributed by atoms with van der Waals surface area (Å²) in [5.74, 6) is 0. The second-order valence-corrected chi connectivity index (χ2v) is 4.32. The van der Waals surface area contributed by atoms with Gasteiger partial charge in [0.05, 0.1) is 5.56 Å². The van der Waals surface area contributed by atoms with Crippen LogP contribution >= 0.6 is 11.6 Å². The Morgan fingerprint density at radius 1 is 1.22 bits per heavy atom. The van der Waals surface area contributed by atoms with Gasteiger partial charge in [0.25, 0.3) is 0 Å². The predicted molar refractivity (Wildman–Crippen MR) is 70.8 cm³/mol. The van der Waals surface area contributed by atoms with Crippen molar-refractivity contribution in [3.05, 3.63) is 59.4 Å². The minimum Gasteiger partial charge on any atom is -0.300 e. The van der Waals surface area contributed by atoms with Gasteiger partial charge in [-0.25, -0.2) is 4.98 Å². The summed E-state index contributed by atoms with van der Waals surface area (Å²) in [6.07, 6.45) is 3.49. The van der Waals surface area contributed by atoms with Crippen LogP contribution in [0.2, 0.25) is 5.02 Å². The van der Waals surface area contributed by atoms with Gasteiger partial charge in [0.15, 0.2) is 0 Å². The first-order chi connectivity index (χ1) is 8.79. The van der Waals surface area contributed by atoms with E-state index >= 15 is 0 Å². The fourth-order valence-corrected chi connectivity index (χ4v) is 2.16. The highest BCUT2D eigenvalue weighted by atomic mass is 35.5. The molecule has 0 saturated heterocycles. The molecule has 0 amide bonds. The Balaban J connectivity index is 2.34. The Kier molecular flexibility index (Phi) is 2.51. The lowest BCUT2D eigenvalue weighted by molar-refractivity contribution is 1.09. The standard InChI is InChI=1S/C14H8ClN3/c15-11-3-1-4-12(7-11)18-9-10(8-16)13-5-2-6-17-14(13)18/h1-7,9H. The van der Waals surface area contributed by atoms with E-state index in [0.717, 1.165) is 16.7 Å². The zero-order chi connectivity index (χ0) is 12.5. The monoisotopic (exact) mass is 253 g/mol. The van der Waals surface area contributed by atoms with Crippen molar-refractivity contribution in [2.24, 2.45) is 0 Å². The lowest BCUT2D eigenvalue weighted by Crippen LogP contribution is -1.92. The van der Waals surface area contributed by atoms with Crippen LogP contribution in [0.3, 0.4) is 0 Å². The molecule has 0 radical (unpaired) electrons. The molecule has 0 aliphatic carbocycles. The second kappa shape index (κ2) is 4.17. The molecule has 3 nitrogen and oxygen atoms in total. The number of nitriles is 1. The zero-order valence-corrected chi connectivity index (χ0v) is 10.1. The van der Waals surface area contributed by atoms with Crippen LogP contribution in [-0.4, -0.2) is 9.55 Å². The summed E-state index contributed by atoms with van der Waals surface area (Å²) in [7, 11) is 0. The average Bonchev–Trinajstić information content (AvgIpc) is 2.77. The van der Waals surface area contributed by atoms with Crippen LogP contribution in [0.4, 0.5) is 0 Å². The smallest absolute Gasteiger partial charge is 0.145 e. The number of pyridine rings is 1. The van der Waals surface area contributed by atoms with Crippen LogP contribution < -0.4 is 0 Å². The largest absolute Gasteiger partial charge is 0.300 e. The maximum atomic E-state index is 9.13. The highest BCUT2D eigenvalue weighted by molar-refractivity contribution is 6.30. The van der Waals surface area contributed by atoms with E-state index in [2.05, 4.69) is 11.1 Å². The molecule has 0 fully saturated rings. The fourth-order valence-electron chi connectivity index (χ4n) is 1.97. The van der Waals surface area contributed by atoms with Crippen LogP contribution in [-0.2, 0) is 0 Å². The van der Waals surface area contributed by atoms with E-state index in [-0.39, 0.29) is 0 Å². The Morgan fingerprint density at radius 2 is 2.11 bits per heavy atom. The molecule has 0 saturated carbocycles. The molecule has 1 aromatic carbocycles. The highest BCUT2D eigenvalue weighted by Gasteiger charge is 2.10. The molecule has 4 heteroatoms. The van der Waals surface area contributed by atoms with E-state index in [4.69, 9.17) is 16.9 Å². The van der Waals surface area contributed by atoms with Gasteiger partial charge in [-0.1, -0.05) is 17.7 Å². The first-order valence-corrected chi connectivity index (χ1v) is 5.79. The van der Waals surface area contributed by atoms with E-state index < -0.39 is 0 Å².